The Kier molecular flexibility index (Phi) is 5.28. The summed E-state index contributed by atoms with van der Waals surface area (Å²) in [5.74, 6) is 0.696. The van der Waals surface area contributed by atoms with Crippen molar-refractivity contribution in [2.45, 2.75) is 58.4 Å². The van der Waals surface area contributed by atoms with E-state index in [-0.39, 0.29) is 5.38 Å². The maximum atomic E-state index is 6.35. The van der Waals surface area contributed by atoms with E-state index in [2.05, 4.69) is 25.5 Å². The summed E-state index contributed by atoms with van der Waals surface area (Å²) in [5, 5.41) is 4.86. The SMILES string of the molecule is CCc1nn(CC2CCOCC2)c(CC)c1C(C)Cl. The lowest BCUT2D eigenvalue weighted by Gasteiger charge is -2.22. The quantitative estimate of drug-likeness (QED) is 0.770. The summed E-state index contributed by atoms with van der Waals surface area (Å²) in [7, 11) is 0. The van der Waals surface area contributed by atoms with Gasteiger partial charge in [-0.05, 0) is 38.5 Å². The summed E-state index contributed by atoms with van der Waals surface area (Å²) < 4.78 is 7.64. The standard InChI is InChI=1S/C15H25ClN2O/c1-4-13-15(11(3)16)14(5-2)18(17-13)10-12-6-8-19-9-7-12/h11-12H,4-10H2,1-3H3. The van der Waals surface area contributed by atoms with Gasteiger partial charge in [0.15, 0.2) is 0 Å². The van der Waals surface area contributed by atoms with E-state index in [4.69, 9.17) is 21.4 Å². The molecule has 2 heterocycles. The first-order chi connectivity index (χ1) is 9.17. The molecule has 0 aromatic carbocycles. The highest BCUT2D eigenvalue weighted by Crippen LogP contribution is 2.29. The number of nitrogens with zero attached hydrogens (tertiary/aromatic N) is 2. The molecule has 3 nitrogen and oxygen atoms in total. The van der Waals surface area contributed by atoms with Gasteiger partial charge in [-0.15, -0.1) is 11.6 Å². The van der Waals surface area contributed by atoms with Gasteiger partial charge in [0, 0.05) is 31.0 Å². The maximum Gasteiger partial charge on any atom is 0.0671 e. The van der Waals surface area contributed by atoms with Crippen molar-refractivity contribution in [2.24, 2.45) is 5.92 Å². The second-order valence-corrected chi connectivity index (χ2v) is 6.02. The Balaban J connectivity index is 2.23. The van der Waals surface area contributed by atoms with Gasteiger partial charge in [0.05, 0.1) is 11.1 Å². The molecule has 1 aliphatic rings. The third-order valence-electron chi connectivity index (χ3n) is 4.01. The molecule has 1 saturated heterocycles. The van der Waals surface area contributed by atoms with Crippen LogP contribution in [0.25, 0.3) is 0 Å². The van der Waals surface area contributed by atoms with E-state index >= 15 is 0 Å². The molecule has 2 rings (SSSR count). The molecule has 108 valence electrons. The predicted molar refractivity (Wildman–Crippen MR) is 78.8 cm³/mol. The Morgan fingerprint density at radius 2 is 2.00 bits per heavy atom. The van der Waals surface area contributed by atoms with Crippen LogP contribution in [0.5, 0.6) is 0 Å². The second-order valence-electron chi connectivity index (χ2n) is 5.37. The Morgan fingerprint density at radius 1 is 1.32 bits per heavy atom. The summed E-state index contributed by atoms with van der Waals surface area (Å²) in [5.41, 5.74) is 3.76. The molecule has 0 N–H and O–H groups in total. The smallest absolute Gasteiger partial charge is 0.0671 e. The van der Waals surface area contributed by atoms with Gasteiger partial charge in [0.1, 0.15) is 0 Å². The molecule has 19 heavy (non-hydrogen) atoms. The average molecular weight is 285 g/mol. The van der Waals surface area contributed by atoms with Crippen LogP contribution in [-0.2, 0) is 24.1 Å². The molecule has 0 amide bonds. The van der Waals surface area contributed by atoms with Gasteiger partial charge in [-0.1, -0.05) is 13.8 Å². The Morgan fingerprint density at radius 3 is 2.53 bits per heavy atom. The van der Waals surface area contributed by atoms with Gasteiger partial charge in [-0.25, -0.2) is 0 Å². The molecule has 0 saturated carbocycles. The molecule has 1 aliphatic heterocycles. The Hall–Kier alpha value is -0.540. The highest BCUT2D eigenvalue weighted by atomic mass is 35.5. The fourth-order valence-electron chi connectivity index (χ4n) is 2.98. The summed E-state index contributed by atoms with van der Waals surface area (Å²) in [4.78, 5) is 0. The molecule has 4 heteroatoms. The van der Waals surface area contributed by atoms with Gasteiger partial charge >= 0.3 is 0 Å². The van der Waals surface area contributed by atoms with Crippen molar-refractivity contribution >= 4 is 11.6 Å². The van der Waals surface area contributed by atoms with Gasteiger partial charge in [0.2, 0.25) is 0 Å². The van der Waals surface area contributed by atoms with E-state index in [0.29, 0.717) is 5.92 Å². The number of rotatable bonds is 5. The lowest BCUT2D eigenvalue weighted by atomic mass is 10.00. The molecular weight excluding hydrogens is 260 g/mol. The largest absolute Gasteiger partial charge is 0.381 e. The van der Waals surface area contributed by atoms with E-state index in [1.54, 1.807) is 0 Å². The van der Waals surface area contributed by atoms with Gasteiger partial charge in [-0.2, -0.15) is 5.10 Å². The Bertz CT molecular complexity index is 409. The molecule has 1 aromatic rings. The number of aromatic nitrogens is 2. The van der Waals surface area contributed by atoms with E-state index in [0.717, 1.165) is 45.4 Å². The number of halogens is 1. The molecule has 1 aromatic heterocycles. The fourth-order valence-corrected chi connectivity index (χ4v) is 3.24. The second kappa shape index (κ2) is 6.76. The Labute approximate surface area is 121 Å². The van der Waals surface area contributed by atoms with Crippen LogP contribution in [0.1, 0.15) is 55.9 Å². The van der Waals surface area contributed by atoms with E-state index < -0.39 is 0 Å². The zero-order valence-corrected chi connectivity index (χ0v) is 13.0. The minimum absolute atomic E-state index is 0.0494. The minimum atomic E-state index is 0.0494. The monoisotopic (exact) mass is 284 g/mol. The summed E-state index contributed by atoms with van der Waals surface area (Å²) in [6.45, 7) is 9.21. The van der Waals surface area contributed by atoms with Crippen LogP contribution in [0.15, 0.2) is 0 Å². The van der Waals surface area contributed by atoms with Crippen molar-refractivity contribution in [3.63, 3.8) is 0 Å². The lowest BCUT2D eigenvalue weighted by molar-refractivity contribution is 0.0598. The van der Waals surface area contributed by atoms with Crippen LogP contribution in [0, 0.1) is 5.92 Å². The number of hydrogen-bond acceptors (Lipinski definition) is 2. The molecule has 0 spiro atoms. The third kappa shape index (κ3) is 3.32. The molecular formula is C15H25ClN2O. The molecule has 0 radical (unpaired) electrons. The summed E-state index contributed by atoms with van der Waals surface area (Å²) in [6, 6.07) is 0. The first-order valence-electron chi connectivity index (χ1n) is 7.47. The molecule has 1 fully saturated rings. The topological polar surface area (TPSA) is 27.1 Å². The minimum Gasteiger partial charge on any atom is -0.381 e. The summed E-state index contributed by atoms with van der Waals surface area (Å²) >= 11 is 6.35. The number of ether oxygens (including phenoxy) is 1. The van der Waals surface area contributed by atoms with Crippen LogP contribution < -0.4 is 0 Å². The number of hydrogen-bond donors (Lipinski definition) is 0. The average Bonchev–Trinajstić information content (AvgIpc) is 2.77. The van der Waals surface area contributed by atoms with Gasteiger partial charge in [-0.3, -0.25) is 4.68 Å². The van der Waals surface area contributed by atoms with Crippen molar-refractivity contribution in [3.8, 4) is 0 Å². The highest BCUT2D eigenvalue weighted by molar-refractivity contribution is 6.20. The van der Waals surface area contributed by atoms with E-state index in [9.17, 15) is 0 Å². The van der Waals surface area contributed by atoms with Crippen molar-refractivity contribution in [2.75, 3.05) is 13.2 Å². The normalized spacial score (nSPS) is 18.7. The number of aryl methyl sites for hydroxylation is 1. The fraction of sp³-hybridized carbons (Fsp3) is 0.800. The van der Waals surface area contributed by atoms with Crippen LogP contribution in [0.2, 0.25) is 0 Å². The van der Waals surface area contributed by atoms with E-state index in [1.807, 2.05) is 0 Å². The zero-order valence-electron chi connectivity index (χ0n) is 12.3. The first-order valence-corrected chi connectivity index (χ1v) is 7.91. The van der Waals surface area contributed by atoms with Crippen LogP contribution in [0.3, 0.4) is 0 Å². The lowest BCUT2D eigenvalue weighted by Crippen LogP contribution is -2.22. The number of alkyl halides is 1. The predicted octanol–water partition coefficient (Wildman–Crippen LogP) is 3.73. The zero-order chi connectivity index (χ0) is 13.8. The van der Waals surface area contributed by atoms with Gasteiger partial charge in [0.25, 0.3) is 0 Å². The highest BCUT2D eigenvalue weighted by Gasteiger charge is 2.22. The van der Waals surface area contributed by atoms with Crippen LogP contribution in [0.4, 0.5) is 0 Å². The molecule has 0 aliphatic carbocycles. The molecule has 1 atom stereocenters. The van der Waals surface area contributed by atoms with Crippen molar-refractivity contribution in [1.82, 2.24) is 9.78 Å². The van der Waals surface area contributed by atoms with Gasteiger partial charge < -0.3 is 4.74 Å². The van der Waals surface area contributed by atoms with Crippen molar-refractivity contribution in [3.05, 3.63) is 17.0 Å². The van der Waals surface area contributed by atoms with Crippen molar-refractivity contribution < 1.29 is 4.74 Å². The summed E-state index contributed by atoms with van der Waals surface area (Å²) in [6.07, 6.45) is 4.26. The van der Waals surface area contributed by atoms with E-state index in [1.165, 1.54) is 17.0 Å². The first kappa shape index (κ1) is 14.9. The maximum absolute atomic E-state index is 6.35. The van der Waals surface area contributed by atoms with Crippen LogP contribution in [-0.4, -0.2) is 23.0 Å². The molecule has 1 unspecified atom stereocenters. The molecule has 0 bridgehead atoms. The van der Waals surface area contributed by atoms with Crippen LogP contribution >= 0.6 is 11.6 Å². The van der Waals surface area contributed by atoms with Crippen molar-refractivity contribution in [1.29, 1.82) is 0 Å². The third-order valence-corrected chi connectivity index (χ3v) is 4.23.